The summed E-state index contributed by atoms with van der Waals surface area (Å²) in [6, 6.07) is 5.15. The van der Waals surface area contributed by atoms with Gasteiger partial charge in [0, 0.05) is 26.7 Å². The van der Waals surface area contributed by atoms with Crippen LogP contribution >= 0.6 is 0 Å². The molecule has 1 aliphatic rings. The highest BCUT2D eigenvalue weighted by Gasteiger charge is 2.30. The third-order valence-corrected chi connectivity index (χ3v) is 5.71. The Morgan fingerprint density at radius 2 is 2.20 bits per heavy atom. The van der Waals surface area contributed by atoms with Crippen molar-refractivity contribution in [2.24, 2.45) is 5.73 Å². The molecule has 0 radical (unpaired) electrons. The van der Waals surface area contributed by atoms with Crippen molar-refractivity contribution in [1.82, 2.24) is 4.31 Å². The molecule has 0 saturated carbocycles. The maximum atomic E-state index is 12.7. The SMILES string of the molecule is COC1CCCN(S(=O)(=O)c2ccc(C)c(CN)c2)C1. The Morgan fingerprint density at radius 1 is 1.45 bits per heavy atom. The smallest absolute Gasteiger partial charge is 0.243 e. The van der Waals surface area contributed by atoms with Crippen LogP contribution in [0.4, 0.5) is 0 Å². The number of nitrogens with zero attached hydrogens (tertiary/aromatic N) is 1. The molecule has 5 nitrogen and oxygen atoms in total. The number of piperidine rings is 1. The number of rotatable bonds is 4. The van der Waals surface area contributed by atoms with Crippen molar-refractivity contribution in [1.29, 1.82) is 0 Å². The van der Waals surface area contributed by atoms with Crippen LogP contribution < -0.4 is 5.73 Å². The van der Waals surface area contributed by atoms with Crippen molar-refractivity contribution < 1.29 is 13.2 Å². The van der Waals surface area contributed by atoms with E-state index in [1.807, 2.05) is 13.0 Å². The van der Waals surface area contributed by atoms with E-state index in [1.165, 1.54) is 4.31 Å². The van der Waals surface area contributed by atoms with Crippen molar-refractivity contribution in [2.45, 2.75) is 37.3 Å². The monoisotopic (exact) mass is 298 g/mol. The first-order valence-electron chi connectivity index (χ1n) is 6.81. The third kappa shape index (κ3) is 3.03. The lowest BCUT2D eigenvalue weighted by Crippen LogP contribution is -2.42. The molecule has 1 saturated heterocycles. The van der Waals surface area contributed by atoms with Crippen molar-refractivity contribution in [3.63, 3.8) is 0 Å². The second kappa shape index (κ2) is 6.22. The number of aryl methyl sites for hydroxylation is 1. The largest absolute Gasteiger partial charge is 0.380 e. The van der Waals surface area contributed by atoms with Crippen LogP contribution in [-0.4, -0.2) is 39.0 Å². The first-order chi connectivity index (χ1) is 9.48. The van der Waals surface area contributed by atoms with Crippen molar-refractivity contribution in [3.8, 4) is 0 Å². The van der Waals surface area contributed by atoms with Crippen molar-refractivity contribution in [3.05, 3.63) is 29.3 Å². The van der Waals surface area contributed by atoms with E-state index in [4.69, 9.17) is 10.5 Å². The lowest BCUT2D eigenvalue weighted by atomic mass is 10.1. The van der Waals surface area contributed by atoms with Gasteiger partial charge in [-0.3, -0.25) is 0 Å². The summed E-state index contributed by atoms with van der Waals surface area (Å²) in [7, 11) is -1.83. The molecule has 1 aliphatic heterocycles. The molecule has 0 amide bonds. The number of hydrogen-bond donors (Lipinski definition) is 1. The van der Waals surface area contributed by atoms with Gasteiger partial charge >= 0.3 is 0 Å². The Morgan fingerprint density at radius 3 is 2.85 bits per heavy atom. The standard InChI is InChI=1S/C14H22N2O3S/c1-11-5-6-14(8-12(11)9-15)20(17,18)16-7-3-4-13(10-16)19-2/h5-6,8,13H,3-4,7,9-10,15H2,1-2H3. The van der Waals surface area contributed by atoms with Crippen LogP contribution in [0.2, 0.25) is 0 Å². The van der Waals surface area contributed by atoms with Crippen molar-refractivity contribution >= 4 is 10.0 Å². The van der Waals surface area contributed by atoms with Crippen LogP contribution in [0, 0.1) is 6.92 Å². The Balaban J connectivity index is 2.30. The van der Waals surface area contributed by atoms with Crippen LogP contribution in [0.15, 0.2) is 23.1 Å². The van der Waals surface area contributed by atoms with Gasteiger partial charge < -0.3 is 10.5 Å². The second-order valence-corrected chi connectivity index (χ2v) is 7.09. The van der Waals surface area contributed by atoms with Gasteiger partial charge in [-0.2, -0.15) is 4.31 Å². The van der Waals surface area contributed by atoms with E-state index in [1.54, 1.807) is 19.2 Å². The Hall–Kier alpha value is -0.950. The highest BCUT2D eigenvalue weighted by atomic mass is 32.2. The second-order valence-electron chi connectivity index (χ2n) is 5.16. The molecule has 112 valence electrons. The number of ether oxygens (including phenoxy) is 1. The fourth-order valence-corrected chi connectivity index (χ4v) is 4.05. The molecule has 1 atom stereocenters. The van der Waals surface area contributed by atoms with Gasteiger partial charge in [-0.05, 0) is 43.0 Å². The number of benzene rings is 1. The fourth-order valence-electron chi connectivity index (χ4n) is 2.49. The predicted molar refractivity (Wildman–Crippen MR) is 77.9 cm³/mol. The molecule has 2 rings (SSSR count). The molecule has 0 bridgehead atoms. The summed E-state index contributed by atoms with van der Waals surface area (Å²) in [5, 5.41) is 0. The molecule has 1 fully saturated rings. The lowest BCUT2D eigenvalue weighted by Gasteiger charge is -2.31. The van der Waals surface area contributed by atoms with Crippen LogP contribution in [-0.2, 0) is 21.3 Å². The van der Waals surface area contributed by atoms with E-state index in [0.29, 0.717) is 24.5 Å². The quantitative estimate of drug-likeness (QED) is 0.908. The van der Waals surface area contributed by atoms with Gasteiger partial charge in [-0.1, -0.05) is 6.07 Å². The van der Waals surface area contributed by atoms with Gasteiger partial charge in [-0.25, -0.2) is 8.42 Å². The molecule has 0 spiro atoms. The van der Waals surface area contributed by atoms with Crippen LogP contribution in [0.5, 0.6) is 0 Å². The molecule has 1 aromatic rings. The Kier molecular flexibility index (Phi) is 4.80. The van der Waals surface area contributed by atoms with Gasteiger partial charge in [0.25, 0.3) is 0 Å². The average Bonchev–Trinajstić information content (AvgIpc) is 2.47. The minimum absolute atomic E-state index is 0.0158. The van der Waals surface area contributed by atoms with Crippen LogP contribution in [0.3, 0.4) is 0 Å². The highest BCUT2D eigenvalue weighted by molar-refractivity contribution is 7.89. The highest BCUT2D eigenvalue weighted by Crippen LogP contribution is 2.23. The van der Waals surface area contributed by atoms with Crippen LogP contribution in [0.25, 0.3) is 0 Å². The zero-order valence-electron chi connectivity index (χ0n) is 12.0. The van der Waals surface area contributed by atoms with Gasteiger partial charge in [0.1, 0.15) is 0 Å². The first kappa shape index (κ1) is 15.4. The van der Waals surface area contributed by atoms with E-state index < -0.39 is 10.0 Å². The molecular formula is C14H22N2O3S. The summed E-state index contributed by atoms with van der Waals surface area (Å²) in [6.45, 7) is 3.25. The molecule has 0 aliphatic carbocycles. The molecule has 1 unspecified atom stereocenters. The maximum absolute atomic E-state index is 12.7. The van der Waals surface area contributed by atoms with E-state index in [2.05, 4.69) is 0 Å². The summed E-state index contributed by atoms with van der Waals surface area (Å²) in [5.74, 6) is 0. The summed E-state index contributed by atoms with van der Waals surface area (Å²) in [5.41, 5.74) is 7.54. The lowest BCUT2D eigenvalue weighted by molar-refractivity contribution is 0.0572. The molecule has 20 heavy (non-hydrogen) atoms. The van der Waals surface area contributed by atoms with E-state index in [-0.39, 0.29) is 6.10 Å². The summed E-state index contributed by atoms with van der Waals surface area (Å²) in [6.07, 6.45) is 1.72. The van der Waals surface area contributed by atoms with Gasteiger partial charge in [-0.15, -0.1) is 0 Å². The zero-order valence-corrected chi connectivity index (χ0v) is 12.8. The average molecular weight is 298 g/mol. The van der Waals surface area contributed by atoms with Gasteiger partial charge in [0.05, 0.1) is 11.0 Å². The molecule has 6 heteroatoms. The van der Waals surface area contributed by atoms with Gasteiger partial charge in [0.2, 0.25) is 10.0 Å². The molecule has 1 aromatic carbocycles. The summed E-state index contributed by atoms with van der Waals surface area (Å²) in [4.78, 5) is 0.320. The predicted octanol–water partition coefficient (Wildman–Crippen LogP) is 1.25. The minimum atomic E-state index is -3.46. The summed E-state index contributed by atoms with van der Waals surface area (Å²) >= 11 is 0. The first-order valence-corrected chi connectivity index (χ1v) is 8.25. The number of hydrogen-bond acceptors (Lipinski definition) is 4. The van der Waals surface area contributed by atoms with Gasteiger partial charge in [0.15, 0.2) is 0 Å². The Bertz CT molecular complexity index is 572. The maximum Gasteiger partial charge on any atom is 0.243 e. The van der Waals surface area contributed by atoms with Crippen LogP contribution in [0.1, 0.15) is 24.0 Å². The van der Waals surface area contributed by atoms with E-state index in [9.17, 15) is 8.42 Å². The number of sulfonamides is 1. The zero-order chi connectivity index (χ0) is 14.8. The fraction of sp³-hybridized carbons (Fsp3) is 0.571. The topological polar surface area (TPSA) is 72.6 Å². The molecule has 0 aromatic heterocycles. The van der Waals surface area contributed by atoms with E-state index in [0.717, 1.165) is 24.0 Å². The number of nitrogens with two attached hydrogens (primary N) is 1. The number of methoxy groups -OCH3 is 1. The molecule has 2 N–H and O–H groups in total. The molecular weight excluding hydrogens is 276 g/mol. The minimum Gasteiger partial charge on any atom is -0.380 e. The van der Waals surface area contributed by atoms with Crippen molar-refractivity contribution in [2.75, 3.05) is 20.2 Å². The molecule has 1 heterocycles. The normalized spacial score (nSPS) is 21.1. The Labute approximate surface area is 120 Å². The third-order valence-electron chi connectivity index (χ3n) is 3.85. The van der Waals surface area contributed by atoms with E-state index >= 15 is 0 Å². The summed E-state index contributed by atoms with van der Waals surface area (Å²) < 4.78 is 32.1.